The number of hydrogen-bond acceptors (Lipinski definition) is 5. The molecule has 0 aliphatic carbocycles. The lowest BCUT2D eigenvalue weighted by Gasteiger charge is -2.24. The van der Waals surface area contributed by atoms with Crippen LogP contribution in [-0.4, -0.2) is 38.3 Å². The maximum atomic E-state index is 4.20. The zero-order chi connectivity index (χ0) is 13.0. The molecule has 1 fully saturated rings. The van der Waals surface area contributed by atoms with E-state index in [1.807, 2.05) is 16.4 Å². The highest BCUT2D eigenvalue weighted by Crippen LogP contribution is 2.27. The predicted molar refractivity (Wildman–Crippen MR) is 74.7 cm³/mol. The van der Waals surface area contributed by atoms with E-state index in [9.17, 15) is 0 Å². The van der Waals surface area contributed by atoms with Crippen molar-refractivity contribution >= 4 is 11.8 Å². The first-order chi connectivity index (χ1) is 8.68. The summed E-state index contributed by atoms with van der Waals surface area (Å²) in [6, 6.07) is 0.686. The highest BCUT2D eigenvalue weighted by atomic mass is 32.2. The Labute approximate surface area is 113 Å². The van der Waals surface area contributed by atoms with Gasteiger partial charge in [0.1, 0.15) is 0 Å². The summed E-state index contributed by atoms with van der Waals surface area (Å²) in [4.78, 5) is 0. The van der Waals surface area contributed by atoms with Gasteiger partial charge >= 0.3 is 0 Å². The molecule has 1 aliphatic rings. The van der Waals surface area contributed by atoms with E-state index in [4.69, 9.17) is 0 Å². The molecule has 2 rings (SSSR count). The van der Waals surface area contributed by atoms with Crippen LogP contribution < -0.4 is 5.32 Å². The number of rotatable bonds is 5. The monoisotopic (exact) mass is 269 g/mol. The molecule has 0 saturated carbocycles. The zero-order valence-electron chi connectivity index (χ0n) is 11.5. The van der Waals surface area contributed by atoms with Crippen LogP contribution in [0.1, 0.15) is 51.5 Å². The second-order valence-electron chi connectivity index (χ2n) is 5.38. The van der Waals surface area contributed by atoms with Gasteiger partial charge in [-0.05, 0) is 48.4 Å². The molecule has 0 radical (unpaired) electrons. The Bertz CT molecular complexity index is 359. The molecule has 0 amide bonds. The van der Waals surface area contributed by atoms with Gasteiger partial charge in [-0.15, -0.1) is 5.10 Å². The van der Waals surface area contributed by atoms with Crippen LogP contribution in [0.25, 0.3) is 0 Å². The van der Waals surface area contributed by atoms with E-state index in [-0.39, 0.29) is 6.04 Å². The van der Waals surface area contributed by atoms with E-state index < -0.39 is 0 Å². The van der Waals surface area contributed by atoms with Gasteiger partial charge in [-0.25, -0.2) is 4.68 Å². The Balaban J connectivity index is 2.01. The molecule has 2 atom stereocenters. The minimum absolute atomic E-state index is 0.217. The first kappa shape index (κ1) is 13.8. The number of thioether (sulfide) groups is 1. The molecule has 1 saturated heterocycles. The van der Waals surface area contributed by atoms with Crippen molar-refractivity contribution in [2.24, 2.45) is 5.92 Å². The molecule has 0 bridgehead atoms. The molecular weight excluding hydrogens is 246 g/mol. The van der Waals surface area contributed by atoms with Crippen molar-refractivity contribution in [1.82, 2.24) is 25.5 Å². The average Bonchev–Trinajstić information content (AvgIpc) is 2.86. The summed E-state index contributed by atoms with van der Waals surface area (Å²) >= 11 is 2.00. The number of tetrazole rings is 1. The Morgan fingerprint density at radius 1 is 1.44 bits per heavy atom. The van der Waals surface area contributed by atoms with Gasteiger partial charge in [-0.3, -0.25) is 0 Å². The SMILES string of the molecule is CC(C)CNC(C)c1nnnn1C1CCCSC1. The predicted octanol–water partition coefficient (Wildman–Crippen LogP) is 2.05. The molecule has 0 aromatic carbocycles. The van der Waals surface area contributed by atoms with Gasteiger partial charge in [0.05, 0.1) is 12.1 Å². The smallest absolute Gasteiger partial charge is 0.168 e. The van der Waals surface area contributed by atoms with Crippen LogP contribution in [0.5, 0.6) is 0 Å². The Morgan fingerprint density at radius 2 is 2.28 bits per heavy atom. The molecule has 1 N–H and O–H groups in total. The van der Waals surface area contributed by atoms with E-state index in [2.05, 4.69) is 41.6 Å². The lowest BCUT2D eigenvalue weighted by atomic mass is 10.1. The van der Waals surface area contributed by atoms with Gasteiger partial charge < -0.3 is 5.32 Å². The van der Waals surface area contributed by atoms with Crippen molar-refractivity contribution in [3.8, 4) is 0 Å². The van der Waals surface area contributed by atoms with Crippen molar-refractivity contribution in [2.45, 2.75) is 45.7 Å². The molecule has 0 spiro atoms. The first-order valence-electron chi connectivity index (χ1n) is 6.77. The van der Waals surface area contributed by atoms with Crippen molar-refractivity contribution < 1.29 is 0 Å². The molecule has 18 heavy (non-hydrogen) atoms. The normalized spacial score (nSPS) is 22.3. The lowest BCUT2D eigenvalue weighted by molar-refractivity contribution is 0.397. The Kier molecular flexibility index (Phi) is 5.00. The summed E-state index contributed by atoms with van der Waals surface area (Å²) in [5, 5.41) is 15.7. The molecule has 2 heterocycles. The molecule has 6 heteroatoms. The molecular formula is C12H23N5S. The largest absolute Gasteiger partial charge is 0.307 e. The maximum Gasteiger partial charge on any atom is 0.168 e. The topological polar surface area (TPSA) is 55.6 Å². The van der Waals surface area contributed by atoms with Gasteiger partial charge in [-0.1, -0.05) is 13.8 Å². The number of nitrogens with zero attached hydrogens (tertiary/aromatic N) is 4. The second kappa shape index (κ2) is 6.52. The fourth-order valence-electron chi connectivity index (χ4n) is 2.17. The fraction of sp³-hybridized carbons (Fsp3) is 0.917. The minimum atomic E-state index is 0.217. The molecule has 102 valence electrons. The third-order valence-corrected chi connectivity index (χ3v) is 4.42. The maximum absolute atomic E-state index is 4.20. The third-order valence-electron chi connectivity index (χ3n) is 3.22. The highest BCUT2D eigenvalue weighted by Gasteiger charge is 2.23. The van der Waals surface area contributed by atoms with Crippen molar-refractivity contribution in [3.63, 3.8) is 0 Å². The fourth-order valence-corrected chi connectivity index (χ4v) is 3.28. The van der Waals surface area contributed by atoms with E-state index in [0.29, 0.717) is 12.0 Å². The van der Waals surface area contributed by atoms with E-state index in [1.54, 1.807) is 0 Å². The first-order valence-corrected chi connectivity index (χ1v) is 7.93. The summed E-state index contributed by atoms with van der Waals surface area (Å²) < 4.78 is 2.03. The lowest BCUT2D eigenvalue weighted by Crippen LogP contribution is -2.28. The summed E-state index contributed by atoms with van der Waals surface area (Å²) in [5.74, 6) is 4.02. The van der Waals surface area contributed by atoms with Crippen LogP contribution in [-0.2, 0) is 0 Å². The van der Waals surface area contributed by atoms with Crippen molar-refractivity contribution in [2.75, 3.05) is 18.1 Å². The van der Waals surface area contributed by atoms with Gasteiger partial charge in [0, 0.05) is 5.75 Å². The van der Waals surface area contributed by atoms with Gasteiger partial charge in [0.2, 0.25) is 0 Å². The van der Waals surface area contributed by atoms with Crippen LogP contribution >= 0.6 is 11.8 Å². The summed E-state index contributed by atoms with van der Waals surface area (Å²) in [7, 11) is 0. The van der Waals surface area contributed by atoms with Crippen LogP contribution in [0.2, 0.25) is 0 Å². The van der Waals surface area contributed by atoms with Crippen LogP contribution in [0.15, 0.2) is 0 Å². The van der Waals surface area contributed by atoms with Crippen molar-refractivity contribution in [3.05, 3.63) is 5.82 Å². The molecule has 1 aromatic heterocycles. The molecule has 2 unspecified atom stereocenters. The van der Waals surface area contributed by atoms with E-state index in [1.165, 1.54) is 18.6 Å². The van der Waals surface area contributed by atoms with Gasteiger partial charge in [-0.2, -0.15) is 11.8 Å². The van der Waals surface area contributed by atoms with E-state index in [0.717, 1.165) is 18.1 Å². The third kappa shape index (κ3) is 3.45. The quantitative estimate of drug-likeness (QED) is 0.886. The molecule has 1 aromatic rings. The Morgan fingerprint density at radius 3 is 2.94 bits per heavy atom. The number of hydrogen-bond donors (Lipinski definition) is 1. The average molecular weight is 269 g/mol. The molecule has 1 aliphatic heterocycles. The number of aromatic nitrogens is 4. The summed E-state index contributed by atoms with van der Waals surface area (Å²) in [6.07, 6.45) is 2.46. The second-order valence-corrected chi connectivity index (χ2v) is 6.53. The molecule has 5 nitrogen and oxygen atoms in total. The summed E-state index contributed by atoms with van der Waals surface area (Å²) in [6.45, 7) is 7.55. The van der Waals surface area contributed by atoms with Gasteiger partial charge in [0.25, 0.3) is 0 Å². The van der Waals surface area contributed by atoms with Gasteiger partial charge in [0.15, 0.2) is 5.82 Å². The zero-order valence-corrected chi connectivity index (χ0v) is 12.3. The van der Waals surface area contributed by atoms with Crippen molar-refractivity contribution in [1.29, 1.82) is 0 Å². The Hall–Kier alpha value is -0.620. The minimum Gasteiger partial charge on any atom is -0.307 e. The highest BCUT2D eigenvalue weighted by molar-refractivity contribution is 7.99. The summed E-state index contributed by atoms with van der Waals surface area (Å²) in [5.41, 5.74) is 0. The number of nitrogens with one attached hydrogen (secondary N) is 1. The van der Waals surface area contributed by atoms with E-state index >= 15 is 0 Å². The standard InChI is InChI=1S/C12H23N5S/c1-9(2)7-13-10(3)12-14-15-16-17(12)11-5-4-6-18-8-11/h9-11,13H,4-8H2,1-3H3. The van der Waals surface area contributed by atoms with Crippen LogP contribution in [0, 0.1) is 5.92 Å². The van der Waals surface area contributed by atoms with Crippen LogP contribution in [0.4, 0.5) is 0 Å². The van der Waals surface area contributed by atoms with Crippen LogP contribution in [0.3, 0.4) is 0 Å².